The van der Waals surface area contributed by atoms with Crippen LogP contribution < -0.4 is 11.0 Å². The van der Waals surface area contributed by atoms with Crippen LogP contribution in [0.3, 0.4) is 0 Å². The summed E-state index contributed by atoms with van der Waals surface area (Å²) < 4.78 is 1.58. The Kier molecular flexibility index (Phi) is 4.68. The number of amides is 1. The molecule has 1 aromatic carbocycles. The summed E-state index contributed by atoms with van der Waals surface area (Å²) in [4.78, 5) is 30.7. The van der Waals surface area contributed by atoms with E-state index in [1.165, 1.54) is 31.4 Å². The van der Waals surface area contributed by atoms with Crippen molar-refractivity contribution < 1.29 is 10.0 Å². The van der Waals surface area contributed by atoms with Crippen LogP contribution in [0, 0.1) is 0 Å². The fourth-order valence-corrected chi connectivity index (χ4v) is 2.96. The van der Waals surface area contributed by atoms with Gasteiger partial charge in [-0.25, -0.2) is 10.5 Å². The number of carbonyl (C=O) groups excluding carboxylic acids is 1. The van der Waals surface area contributed by atoms with Crippen molar-refractivity contribution in [3.63, 3.8) is 0 Å². The fourth-order valence-electron chi connectivity index (χ4n) is 2.96. The highest BCUT2D eigenvalue weighted by molar-refractivity contribution is 5.97. The molecule has 0 spiro atoms. The van der Waals surface area contributed by atoms with E-state index in [-0.39, 0.29) is 11.1 Å². The van der Waals surface area contributed by atoms with Crippen LogP contribution in [0.15, 0.2) is 29.3 Å². The summed E-state index contributed by atoms with van der Waals surface area (Å²) in [7, 11) is 0. The molecule has 0 bridgehead atoms. The molecule has 1 saturated heterocycles. The van der Waals surface area contributed by atoms with E-state index in [9.17, 15) is 9.59 Å². The highest BCUT2D eigenvalue weighted by atomic mass is 16.5. The van der Waals surface area contributed by atoms with Crippen LogP contribution in [0.4, 0.5) is 0 Å². The van der Waals surface area contributed by atoms with E-state index in [0.717, 1.165) is 19.6 Å². The van der Waals surface area contributed by atoms with Crippen molar-refractivity contribution in [1.82, 2.24) is 19.9 Å². The number of piperidine rings is 1. The average Bonchev–Trinajstić information content (AvgIpc) is 2.61. The Balaban J connectivity index is 1.84. The summed E-state index contributed by atoms with van der Waals surface area (Å²) in [5.41, 5.74) is 2.18. The molecule has 1 aliphatic rings. The molecule has 1 aliphatic heterocycles. The van der Waals surface area contributed by atoms with Gasteiger partial charge in [0, 0.05) is 18.7 Å². The average molecular weight is 316 g/mol. The predicted molar refractivity (Wildman–Crippen MR) is 85.5 cm³/mol. The molecule has 3 rings (SSSR count). The van der Waals surface area contributed by atoms with E-state index in [2.05, 4.69) is 9.88 Å². The van der Waals surface area contributed by atoms with Gasteiger partial charge in [-0.1, -0.05) is 6.42 Å². The largest absolute Gasteiger partial charge is 0.302 e. The number of aromatic nitrogens is 2. The van der Waals surface area contributed by atoms with Crippen molar-refractivity contribution in [2.24, 2.45) is 0 Å². The lowest BCUT2D eigenvalue weighted by atomic mass is 10.1. The van der Waals surface area contributed by atoms with Crippen molar-refractivity contribution in [3.05, 3.63) is 40.4 Å². The first kappa shape index (κ1) is 15.6. The number of fused-ring (bicyclic) bond motifs is 1. The van der Waals surface area contributed by atoms with Gasteiger partial charge in [0.05, 0.1) is 17.2 Å². The minimum Gasteiger partial charge on any atom is -0.302 e. The zero-order valence-corrected chi connectivity index (χ0v) is 12.9. The smallest absolute Gasteiger partial charge is 0.274 e. The number of nitrogens with one attached hydrogen (secondary N) is 1. The molecule has 0 radical (unpaired) electrons. The number of carbonyl (C=O) groups is 1. The van der Waals surface area contributed by atoms with E-state index in [4.69, 9.17) is 5.21 Å². The van der Waals surface area contributed by atoms with E-state index < -0.39 is 5.91 Å². The van der Waals surface area contributed by atoms with Gasteiger partial charge in [0.25, 0.3) is 11.5 Å². The molecule has 1 amide bonds. The first-order valence-corrected chi connectivity index (χ1v) is 7.85. The number of likely N-dealkylation sites (tertiary alicyclic amines) is 1. The third kappa shape index (κ3) is 3.40. The fraction of sp³-hybridized carbons (Fsp3) is 0.438. The topological polar surface area (TPSA) is 87.5 Å². The Hall–Kier alpha value is -2.25. The lowest BCUT2D eigenvalue weighted by Gasteiger charge is -2.26. The first-order chi connectivity index (χ1) is 11.2. The first-order valence-electron chi connectivity index (χ1n) is 7.85. The van der Waals surface area contributed by atoms with Crippen molar-refractivity contribution >= 4 is 16.8 Å². The van der Waals surface area contributed by atoms with Crippen molar-refractivity contribution in [3.8, 4) is 0 Å². The van der Waals surface area contributed by atoms with Gasteiger partial charge >= 0.3 is 0 Å². The molecular formula is C16H20N4O3. The highest BCUT2D eigenvalue weighted by Gasteiger charge is 2.12. The molecule has 2 heterocycles. The second-order valence-electron chi connectivity index (χ2n) is 5.82. The van der Waals surface area contributed by atoms with Gasteiger partial charge in [0.1, 0.15) is 0 Å². The number of benzene rings is 1. The molecule has 0 aliphatic carbocycles. The standard InChI is InChI=1S/C16H20N4O3/c21-15(18-23)12-4-5-14-13(10-12)16(22)20(11-17-14)9-8-19-6-2-1-3-7-19/h4-5,10-11,23H,1-3,6-9H2,(H,18,21). The molecule has 2 N–H and O–H groups in total. The normalized spacial score (nSPS) is 15.7. The summed E-state index contributed by atoms with van der Waals surface area (Å²) in [6.45, 7) is 3.56. The Labute approximate surface area is 133 Å². The lowest BCUT2D eigenvalue weighted by molar-refractivity contribution is 0.0706. The maximum atomic E-state index is 12.6. The zero-order valence-electron chi connectivity index (χ0n) is 12.9. The molecule has 0 atom stereocenters. The van der Waals surface area contributed by atoms with Crippen molar-refractivity contribution in [2.45, 2.75) is 25.8 Å². The molecule has 1 aromatic heterocycles. The molecule has 7 nitrogen and oxygen atoms in total. The molecule has 0 saturated carbocycles. The molecule has 23 heavy (non-hydrogen) atoms. The second-order valence-corrected chi connectivity index (χ2v) is 5.82. The highest BCUT2D eigenvalue weighted by Crippen LogP contribution is 2.11. The summed E-state index contributed by atoms with van der Waals surface area (Å²) in [5, 5.41) is 9.09. The Morgan fingerprint density at radius 3 is 2.74 bits per heavy atom. The summed E-state index contributed by atoms with van der Waals surface area (Å²) in [6, 6.07) is 4.60. The van der Waals surface area contributed by atoms with E-state index in [1.54, 1.807) is 22.4 Å². The van der Waals surface area contributed by atoms with Crippen molar-refractivity contribution in [2.75, 3.05) is 19.6 Å². The number of rotatable bonds is 4. The van der Waals surface area contributed by atoms with Crippen LogP contribution in [0.2, 0.25) is 0 Å². The number of hydrogen-bond donors (Lipinski definition) is 2. The van der Waals surface area contributed by atoms with Crippen LogP contribution >= 0.6 is 0 Å². The molecule has 2 aromatic rings. The van der Waals surface area contributed by atoms with Gasteiger partial charge < -0.3 is 4.90 Å². The van der Waals surface area contributed by atoms with Gasteiger partial charge in [0.2, 0.25) is 0 Å². The van der Waals surface area contributed by atoms with Gasteiger partial charge in [-0.2, -0.15) is 0 Å². The van der Waals surface area contributed by atoms with E-state index in [0.29, 0.717) is 17.4 Å². The summed E-state index contributed by atoms with van der Waals surface area (Å²) >= 11 is 0. The number of hydrogen-bond acceptors (Lipinski definition) is 5. The summed E-state index contributed by atoms with van der Waals surface area (Å²) in [6.07, 6.45) is 5.26. The summed E-state index contributed by atoms with van der Waals surface area (Å²) in [5.74, 6) is -0.644. The van der Waals surface area contributed by atoms with Crippen LogP contribution in [-0.4, -0.2) is 45.2 Å². The van der Waals surface area contributed by atoms with Gasteiger partial charge in [-0.3, -0.25) is 19.4 Å². The van der Waals surface area contributed by atoms with Gasteiger partial charge in [-0.05, 0) is 44.1 Å². The maximum Gasteiger partial charge on any atom is 0.274 e. The van der Waals surface area contributed by atoms with E-state index >= 15 is 0 Å². The van der Waals surface area contributed by atoms with Crippen LogP contribution in [0.1, 0.15) is 29.6 Å². The third-order valence-electron chi connectivity index (χ3n) is 4.29. The minimum absolute atomic E-state index is 0.167. The molecular weight excluding hydrogens is 296 g/mol. The zero-order chi connectivity index (χ0) is 16.2. The number of hydroxylamine groups is 1. The van der Waals surface area contributed by atoms with Crippen molar-refractivity contribution in [1.29, 1.82) is 0 Å². The maximum absolute atomic E-state index is 12.6. The molecule has 7 heteroatoms. The van der Waals surface area contributed by atoms with Crippen LogP contribution in [-0.2, 0) is 6.54 Å². The predicted octanol–water partition coefficient (Wildman–Crippen LogP) is 1.00. The molecule has 0 unspecified atom stereocenters. The lowest BCUT2D eigenvalue weighted by Crippen LogP contribution is -2.34. The Bertz CT molecular complexity index is 765. The Morgan fingerprint density at radius 2 is 2.00 bits per heavy atom. The quantitative estimate of drug-likeness (QED) is 0.649. The van der Waals surface area contributed by atoms with E-state index in [1.807, 2.05) is 0 Å². The Morgan fingerprint density at radius 1 is 1.22 bits per heavy atom. The van der Waals surface area contributed by atoms with Gasteiger partial charge in [-0.15, -0.1) is 0 Å². The third-order valence-corrected chi connectivity index (χ3v) is 4.29. The SMILES string of the molecule is O=C(NO)c1ccc2ncn(CCN3CCCCC3)c(=O)c2c1. The van der Waals surface area contributed by atoms with Gasteiger partial charge in [0.15, 0.2) is 0 Å². The number of nitrogens with zero attached hydrogens (tertiary/aromatic N) is 3. The van der Waals surface area contributed by atoms with Crippen LogP contribution in [0.5, 0.6) is 0 Å². The van der Waals surface area contributed by atoms with Crippen LogP contribution in [0.25, 0.3) is 10.9 Å². The minimum atomic E-state index is -0.644. The molecule has 1 fully saturated rings. The second kappa shape index (κ2) is 6.89. The molecule has 122 valence electrons. The monoisotopic (exact) mass is 316 g/mol.